The summed E-state index contributed by atoms with van der Waals surface area (Å²) >= 11 is 3.62. The lowest BCUT2D eigenvalue weighted by molar-refractivity contribution is 0.00451. The van der Waals surface area contributed by atoms with Gasteiger partial charge < -0.3 is 10.5 Å². The normalized spacial score (nSPS) is 19.2. The van der Waals surface area contributed by atoms with Crippen molar-refractivity contribution in [1.29, 1.82) is 0 Å². The van der Waals surface area contributed by atoms with E-state index in [2.05, 4.69) is 52.9 Å². The Labute approximate surface area is 130 Å². The molecule has 20 heavy (non-hydrogen) atoms. The summed E-state index contributed by atoms with van der Waals surface area (Å²) in [6.07, 6.45) is 2.65. The Hall–Kier alpha value is -0.420. The van der Waals surface area contributed by atoms with Gasteiger partial charge in [-0.25, -0.2) is 0 Å². The van der Waals surface area contributed by atoms with Gasteiger partial charge >= 0.3 is 0 Å². The molecular weight excluding hydrogens is 316 g/mol. The van der Waals surface area contributed by atoms with Crippen LogP contribution in [0.15, 0.2) is 22.7 Å². The third-order valence-corrected chi connectivity index (χ3v) is 4.98. The SMILES string of the molecule is CCOC1CCN(C(CN)c2ccc(C)c(Br)c2)CC1. The van der Waals surface area contributed by atoms with Crippen molar-refractivity contribution in [3.8, 4) is 0 Å². The van der Waals surface area contributed by atoms with Gasteiger partial charge in [-0.05, 0) is 43.9 Å². The lowest BCUT2D eigenvalue weighted by atomic mass is 9.99. The quantitative estimate of drug-likeness (QED) is 0.893. The van der Waals surface area contributed by atoms with Crippen molar-refractivity contribution in [2.75, 3.05) is 26.2 Å². The lowest BCUT2D eigenvalue weighted by Crippen LogP contribution is -2.41. The standard InChI is InChI=1S/C16H25BrN2O/c1-3-20-14-6-8-19(9-7-14)16(11-18)13-5-4-12(2)15(17)10-13/h4-5,10,14,16H,3,6-9,11,18H2,1-2H3. The van der Waals surface area contributed by atoms with Crippen molar-refractivity contribution in [3.63, 3.8) is 0 Å². The maximum Gasteiger partial charge on any atom is 0.0599 e. The average molecular weight is 341 g/mol. The van der Waals surface area contributed by atoms with Crippen molar-refractivity contribution in [1.82, 2.24) is 4.90 Å². The van der Waals surface area contributed by atoms with Crippen molar-refractivity contribution in [3.05, 3.63) is 33.8 Å². The molecule has 0 radical (unpaired) electrons. The maximum atomic E-state index is 6.03. The van der Waals surface area contributed by atoms with Gasteiger partial charge in [0.05, 0.1) is 6.10 Å². The molecule has 0 spiro atoms. The lowest BCUT2D eigenvalue weighted by Gasteiger charge is -2.37. The highest BCUT2D eigenvalue weighted by Gasteiger charge is 2.25. The fraction of sp³-hybridized carbons (Fsp3) is 0.625. The monoisotopic (exact) mass is 340 g/mol. The van der Waals surface area contributed by atoms with Crippen LogP contribution in [0.2, 0.25) is 0 Å². The van der Waals surface area contributed by atoms with Gasteiger partial charge in [-0.1, -0.05) is 28.1 Å². The molecule has 3 nitrogen and oxygen atoms in total. The third kappa shape index (κ3) is 3.82. The largest absolute Gasteiger partial charge is 0.378 e. The molecule has 1 atom stereocenters. The van der Waals surface area contributed by atoms with E-state index in [1.807, 2.05) is 0 Å². The van der Waals surface area contributed by atoms with E-state index in [0.29, 0.717) is 18.7 Å². The number of nitrogens with two attached hydrogens (primary N) is 1. The van der Waals surface area contributed by atoms with Crippen molar-refractivity contribution < 1.29 is 4.74 Å². The molecule has 0 saturated carbocycles. The van der Waals surface area contributed by atoms with Crippen LogP contribution in [0, 0.1) is 6.92 Å². The number of hydrogen-bond donors (Lipinski definition) is 1. The fourth-order valence-electron chi connectivity index (χ4n) is 2.90. The van der Waals surface area contributed by atoms with E-state index in [9.17, 15) is 0 Å². The van der Waals surface area contributed by atoms with Crippen LogP contribution in [0.4, 0.5) is 0 Å². The van der Waals surface area contributed by atoms with E-state index in [4.69, 9.17) is 10.5 Å². The molecule has 1 aromatic rings. The topological polar surface area (TPSA) is 38.5 Å². The van der Waals surface area contributed by atoms with E-state index >= 15 is 0 Å². The van der Waals surface area contributed by atoms with Gasteiger partial charge in [0.15, 0.2) is 0 Å². The molecule has 1 aliphatic rings. The van der Waals surface area contributed by atoms with Crippen LogP contribution in [0.25, 0.3) is 0 Å². The molecule has 2 N–H and O–H groups in total. The molecule has 0 aromatic heterocycles. The maximum absolute atomic E-state index is 6.03. The minimum absolute atomic E-state index is 0.314. The second-order valence-electron chi connectivity index (χ2n) is 5.45. The highest BCUT2D eigenvalue weighted by Crippen LogP contribution is 2.28. The zero-order valence-electron chi connectivity index (χ0n) is 12.4. The number of ether oxygens (including phenoxy) is 1. The first-order valence-corrected chi connectivity index (χ1v) is 8.26. The smallest absolute Gasteiger partial charge is 0.0599 e. The Morgan fingerprint density at radius 1 is 1.40 bits per heavy atom. The zero-order chi connectivity index (χ0) is 14.5. The molecule has 2 rings (SSSR count). The number of likely N-dealkylation sites (tertiary alicyclic amines) is 1. The summed E-state index contributed by atoms with van der Waals surface area (Å²) in [6, 6.07) is 6.89. The highest BCUT2D eigenvalue weighted by molar-refractivity contribution is 9.10. The molecule has 4 heteroatoms. The average Bonchev–Trinajstić information content (AvgIpc) is 2.46. The molecule has 1 fully saturated rings. The minimum atomic E-state index is 0.314. The van der Waals surface area contributed by atoms with Gasteiger partial charge in [0.1, 0.15) is 0 Å². The summed E-state index contributed by atoms with van der Waals surface area (Å²) in [5.74, 6) is 0. The summed E-state index contributed by atoms with van der Waals surface area (Å²) < 4.78 is 6.88. The minimum Gasteiger partial charge on any atom is -0.378 e. The van der Waals surface area contributed by atoms with Crippen molar-refractivity contribution in [2.45, 2.75) is 38.8 Å². The van der Waals surface area contributed by atoms with E-state index in [0.717, 1.165) is 37.0 Å². The predicted molar refractivity (Wildman–Crippen MR) is 86.9 cm³/mol. The van der Waals surface area contributed by atoms with E-state index in [1.54, 1.807) is 0 Å². The van der Waals surface area contributed by atoms with Crippen LogP contribution >= 0.6 is 15.9 Å². The summed E-state index contributed by atoms with van der Waals surface area (Å²) in [5.41, 5.74) is 8.60. The first-order valence-electron chi connectivity index (χ1n) is 7.47. The molecule has 112 valence electrons. The van der Waals surface area contributed by atoms with E-state index < -0.39 is 0 Å². The third-order valence-electron chi connectivity index (χ3n) is 4.12. The van der Waals surface area contributed by atoms with Gasteiger partial charge in [-0.15, -0.1) is 0 Å². The summed E-state index contributed by atoms with van der Waals surface area (Å²) in [5, 5.41) is 0. The second kappa shape index (κ2) is 7.55. The molecule has 0 bridgehead atoms. The Morgan fingerprint density at radius 3 is 2.65 bits per heavy atom. The number of aryl methyl sites for hydroxylation is 1. The number of nitrogens with zero attached hydrogens (tertiary/aromatic N) is 1. The number of halogens is 1. The van der Waals surface area contributed by atoms with Crippen molar-refractivity contribution in [2.24, 2.45) is 5.73 Å². The summed E-state index contributed by atoms with van der Waals surface area (Å²) in [6.45, 7) is 7.79. The number of hydrogen-bond acceptors (Lipinski definition) is 3. The van der Waals surface area contributed by atoms with Gasteiger partial charge in [-0.2, -0.15) is 0 Å². The number of benzene rings is 1. The van der Waals surface area contributed by atoms with Gasteiger partial charge in [0.2, 0.25) is 0 Å². The van der Waals surface area contributed by atoms with Crippen LogP contribution in [-0.4, -0.2) is 37.2 Å². The van der Waals surface area contributed by atoms with E-state index in [1.165, 1.54) is 11.1 Å². The molecule has 0 aliphatic carbocycles. The summed E-state index contributed by atoms with van der Waals surface area (Å²) in [4.78, 5) is 2.49. The Bertz CT molecular complexity index is 430. The second-order valence-corrected chi connectivity index (χ2v) is 6.31. The van der Waals surface area contributed by atoms with Crippen molar-refractivity contribution >= 4 is 15.9 Å². The Kier molecular flexibility index (Phi) is 6.02. The molecule has 0 amide bonds. The first kappa shape index (κ1) is 16.0. The Morgan fingerprint density at radius 2 is 2.10 bits per heavy atom. The fourth-order valence-corrected chi connectivity index (χ4v) is 3.30. The van der Waals surface area contributed by atoms with Crippen LogP contribution in [0.5, 0.6) is 0 Å². The molecule has 1 heterocycles. The highest BCUT2D eigenvalue weighted by atomic mass is 79.9. The van der Waals surface area contributed by atoms with E-state index in [-0.39, 0.29) is 0 Å². The van der Waals surface area contributed by atoms with Gasteiger partial charge in [0.25, 0.3) is 0 Å². The van der Waals surface area contributed by atoms with Gasteiger partial charge in [-0.3, -0.25) is 4.90 Å². The van der Waals surface area contributed by atoms with Crippen LogP contribution in [0.3, 0.4) is 0 Å². The molecular formula is C16H25BrN2O. The molecule has 1 unspecified atom stereocenters. The first-order chi connectivity index (χ1) is 9.65. The molecule has 1 aliphatic heterocycles. The number of piperidine rings is 1. The van der Waals surface area contributed by atoms with Gasteiger partial charge in [0, 0.05) is 36.8 Å². The number of rotatable bonds is 5. The molecule has 1 aromatic carbocycles. The van der Waals surface area contributed by atoms with Crippen LogP contribution in [-0.2, 0) is 4.74 Å². The summed E-state index contributed by atoms with van der Waals surface area (Å²) in [7, 11) is 0. The zero-order valence-corrected chi connectivity index (χ0v) is 14.0. The van der Waals surface area contributed by atoms with Crippen LogP contribution in [0.1, 0.15) is 36.9 Å². The molecule has 1 saturated heterocycles. The van der Waals surface area contributed by atoms with Crippen LogP contribution < -0.4 is 5.73 Å². The predicted octanol–water partition coefficient (Wildman–Crippen LogP) is 3.26. The Balaban J connectivity index is 2.03.